The van der Waals surface area contributed by atoms with E-state index in [9.17, 15) is 0 Å². The van der Waals surface area contributed by atoms with Crippen LogP contribution in [0.15, 0.2) is 5.10 Å². The van der Waals surface area contributed by atoms with Gasteiger partial charge in [0.25, 0.3) is 0 Å². The number of rotatable bonds is 1. The van der Waals surface area contributed by atoms with Gasteiger partial charge in [-0.25, -0.2) is 0 Å². The third-order valence-electron chi connectivity index (χ3n) is 3.59. The Kier molecular flexibility index (Phi) is 0.890. The molecule has 0 aromatic heterocycles. The van der Waals surface area contributed by atoms with Gasteiger partial charge in [0.05, 0.1) is 0 Å². The summed E-state index contributed by atoms with van der Waals surface area (Å²) in [5.41, 5.74) is 0.849. The Morgan fingerprint density at radius 1 is 1.55 bits per heavy atom. The smallest absolute Gasteiger partial charge is 0.0438 e. The molecule has 1 heterocycles. The van der Waals surface area contributed by atoms with Gasteiger partial charge >= 0.3 is 0 Å². The molecule has 60 valence electrons. The fourth-order valence-corrected chi connectivity index (χ4v) is 2.55. The monoisotopic (exact) mass is 150 g/mol. The van der Waals surface area contributed by atoms with Crippen molar-refractivity contribution in [1.29, 1.82) is 0 Å². The minimum Gasteiger partial charge on any atom is -0.300 e. The van der Waals surface area contributed by atoms with Crippen molar-refractivity contribution < 1.29 is 0 Å². The van der Waals surface area contributed by atoms with Gasteiger partial charge < -0.3 is 0 Å². The Morgan fingerprint density at radius 2 is 2.36 bits per heavy atom. The number of hydrogen-bond donors (Lipinski definition) is 0. The first kappa shape index (κ1) is 6.04. The van der Waals surface area contributed by atoms with E-state index in [1.165, 1.54) is 25.8 Å². The van der Waals surface area contributed by atoms with Crippen molar-refractivity contribution in [2.75, 3.05) is 13.6 Å². The fourth-order valence-electron chi connectivity index (χ4n) is 2.55. The van der Waals surface area contributed by atoms with E-state index in [0.717, 1.165) is 17.3 Å². The van der Waals surface area contributed by atoms with Gasteiger partial charge in [0.15, 0.2) is 0 Å². The van der Waals surface area contributed by atoms with Crippen LogP contribution in [-0.2, 0) is 0 Å². The molecule has 2 aliphatic carbocycles. The molecule has 0 amide bonds. The van der Waals surface area contributed by atoms with Crippen LogP contribution in [-0.4, -0.2) is 24.8 Å². The lowest BCUT2D eigenvalue weighted by atomic mass is 10.0. The molecule has 0 N–H and O–H groups in total. The highest BCUT2D eigenvalue weighted by atomic mass is 15.4. The standard InChI is InChI=1S/C9H14N2/c1-11-6-7(5-10-11)8-4-9(8)2-3-9/h5,7-8H,2-4,6H2,1H3/t7?,8-/m1/s1. The lowest BCUT2D eigenvalue weighted by molar-refractivity contribution is 0.343. The van der Waals surface area contributed by atoms with Gasteiger partial charge in [-0.3, -0.25) is 5.01 Å². The normalized spacial score (nSPS) is 43.5. The third-order valence-corrected chi connectivity index (χ3v) is 3.59. The highest BCUT2D eigenvalue weighted by molar-refractivity contribution is 5.64. The van der Waals surface area contributed by atoms with Crippen LogP contribution in [0.1, 0.15) is 19.3 Å². The highest BCUT2D eigenvalue weighted by Gasteiger charge is 2.64. The molecule has 0 bridgehead atoms. The molecule has 1 aliphatic heterocycles. The van der Waals surface area contributed by atoms with E-state index in [-0.39, 0.29) is 0 Å². The molecule has 2 heteroatoms. The highest BCUT2D eigenvalue weighted by Crippen LogP contribution is 2.72. The van der Waals surface area contributed by atoms with Crippen molar-refractivity contribution in [3.8, 4) is 0 Å². The van der Waals surface area contributed by atoms with Gasteiger partial charge in [-0.15, -0.1) is 0 Å². The summed E-state index contributed by atoms with van der Waals surface area (Å²) >= 11 is 0. The van der Waals surface area contributed by atoms with Crippen LogP contribution in [0.2, 0.25) is 0 Å². The van der Waals surface area contributed by atoms with E-state index in [0.29, 0.717) is 0 Å². The summed E-state index contributed by atoms with van der Waals surface area (Å²) in [6.07, 6.45) is 6.67. The van der Waals surface area contributed by atoms with Crippen LogP contribution in [0.25, 0.3) is 0 Å². The second-order valence-electron chi connectivity index (χ2n) is 4.44. The van der Waals surface area contributed by atoms with E-state index < -0.39 is 0 Å². The quantitative estimate of drug-likeness (QED) is 0.550. The summed E-state index contributed by atoms with van der Waals surface area (Å²) in [5, 5.41) is 6.35. The molecule has 1 spiro atoms. The first-order valence-electron chi connectivity index (χ1n) is 4.55. The predicted molar refractivity (Wildman–Crippen MR) is 44.4 cm³/mol. The van der Waals surface area contributed by atoms with Gasteiger partial charge in [-0.05, 0) is 30.6 Å². The Bertz CT molecular complexity index is 218. The van der Waals surface area contributed by atoms with E-state index in [2.05, 4.69) is 23.4 Å². The van der Waals surface area contributed by atoms with Crippen LogP contribution in [0.5, 0.6) is 0 Å². The summed E-state index contributed by atoms with van der Waals surface area (Å²) in [5.74, 6) is 1.80. The van der Waals surface area contributed by atoms with E-state index in [4.69, 9.17) is 0 Å². The minimum atomic E-state index is 0.794. The molecular weight excluding hydrogens is 136 g/mol. The van der Waals surface area contributed by atoms with Gasteiger partial charge in [0, 0.05) is 25.7 Å². The van der Waals surface area contributed by atoms with Gasteiger partial charge in [0.1, 0.15) is 0 Å². The second-order valence-corrected chi connectivity index (χ2v) is 4.44. The first-order chi connectivity index (χ1) is 5.30. The lowest BCUT2D eigenvalue weighted by Gasteiger charge is -2.08. The average Bonchev–Trinajstić information content (AvgIpc) is 2.87. The maximum Gasteiger partial charge on any atom is 0.0438 e. The number of hydrogen-bond acceptors (Lipinski definition) is 2. The summed E-state index contributed by atoms with van der Waals surface area (Å²) in [6, 6.07) is 0. The van der Waals surface area contributed by atoms with Crippen LogP contribution >= 0.6 is 0 Å². The van der Waals surface area contributed by atoms with E-state index >= 15 is 0 Å². The van der Waals surface area contributed by atoms with Crippen molar-refractivity contribution in [2.45, 2.75) is 19.3 Å². The Hall–Kier alpha value is -0.530. The van der Waals surface area contributed by atoms with Crippen LogP contribution in [0.3, 0.4) is 0 Å². The van der Waals surface area contributed by atoms with Gasteiger partial charge in [0.2, 0.25) is 0 Å². The van der Waals surface area contributed by atoms with Gasteiger partial charge in [-0.2, -0.15) is 5.10 Å². The fraction of sp³-hybridized carbons (Fsp3) is 0.889. The molecule has 2 nitrogen and oxygen atoms in total. The van der Waals surface area contributed by atoms with Crippen LogP contribution < -0.4 is 0 Å². The molecule has 0 aromatic rings. The molecule has 3 rings (SSSR count). The predicted octanol–water partition coefficient (Wildman–Crippen LogP) is 1.33. The lowest BCUT2D eigenvalue weighted by Crippen LogP contribution is -2.15. The molecule has 0 saturated heterocycles. The number of nitrogens with zero attached hydrogens (tertiary/aromatic N) is 2. The Balaban J connectivity index is 1.69. The average molecular weight is 150 g/mol. The minimum absolute atomic E-state index is 0.794. The maximum atomic E-state index is 4.28. The van der Waals surface area contributed by atoms with Crippen molar-refractivity contribution in [2.24, 2.45) is 22.4 Å². The molecule has 0 radical (unpaired) electrons. The van der Waals surface area contributed by atoms with Crippen molar-refractivity contribution in [3.63, 3.8) is 0 Å². The Labute approximate surface area is 67.3 Å². The molecular formula is C9H14N2. The second kappa shape index (κ2) is 1.62. The summed E-state index contributed by atoms with van der Waals surface area (Å²) < 4.78 is 0. The van der Waals surface area contributed by atoms with E-state index in [1.807, 2.05) is 0 Å². The topological polar surface area (TPSA) is 15.6 Å². The zero-order chi connectivity index (χ0) is 7.47. The molecule has 11 heavy (non-hydrogen) atoms. The Morgan fingerprint density at radius 3 is 2.82 bits per heavy atom. The molecule has 2 saturated carbocycles. The molecule has 3 aliphatic rings. The van der Waals surface area contributed by atoms with Crippen LogP contribution in [0, 0.1) is 17.3 Å². The van der Waals surface area contributed by atoms with Crippen molar-refractivity contribution >= 4 is 6.21 Å². The van der Waals surface area contributed by atoms with Gasteiger partial charge in [-0.1, -0.05) is 0 Å². The third kappa shape index (κ3) is 0.754. The van der Waals surface area contributed by atoms with Crippen LogP contribution in [0.4, 0.5) is 0 Å². The maximum absolute atomic E-state index is 4.28. The molecule has 0 aromatic carbocycles. The van der Waals surface area contributed by atoms with Crippen molar-refractivity contribution in [3.05, 3.63) is 0 Å². The molecule has 2 atom stereocenters. The zero-order valence-electron chi connectivity index (χ0n) is 6.95. The summed E-state index contributed by atoms with van der Waals surface area (Å²) in [6.45, 7) is 1.17. The largest absolute Gasteiger partial charge is 0.300 e. The summed E-state index contributed by atoms with van der Waals surface area (Å²) in [7, 11) is 2.07. The van der Waals surface area contributed by atoms with E-state index in [1.54, 1.807) is 0 Å². The first-order valence-corrected chi connectivity index (χ1v) is 4.55. The SMILES string of the molecule is CN1CC([C@H]2CC23CC3)C=N1. The molecule has 1 unspecified atom stereocenters. The summed E-state index contributed by atoms with van der Waals surface area (Å²) in [4.78, 5) is 0. The molecule has 2 fully saturated rings. The number of hydrazone groups is 1. The zero-order valence-corrected chi connectivity index (χ0v) is 6.95. The van der Waals surface area contributed by atoms with Crippen molar-refractivity contribution in [1.82, 2.24) is 5.01 Å².